The molecule has 0 spiro atoms. The topological polar surface area (TPSA) is 63.4 Å². The van der Waals surface area contributed by atoms with Crippen molar-refractivity contribution in [2.75, 3.05) is 0 Å². The molecular weight excluding hydrogens is 227 g/mol. The van der Waals surface area contributed by atoms with Crippen LogP contribution in [-0.2, 0) is 5.60 Å². The smallest absolute Gasteiger partial charge is 0.376 e. The number of halogens is 3. The molecule has 0 aliphatic carbocycles. The quantitative estimate of drug-likeness (QED) is 0.632. The zero-order valence-electron chi connectivity index (χ0n) is 8.15. The lowest BCUT2D eigenvalue weighted by molar-refractivity contribution is -0.384. The summed E-state index contributed by atoms with van der Waals surface area (Å²) in [5, 5.41) is 19.5. The molecular formula is C9H8F3NO3. The van der Waals surface area contributed by atoms with Crippen LogP contribution in [0.2, 0.25) is 0 Å². The SMILES string of the molecule is C[C@](O)(c1ccc([N+](=O)[O-])cc1)C(F)(F)F. The molecule has 88 valence electrons. The van der Waals surface area contributed by atoms with Crippen LogP contribution in [0, 0.1) is 10.1 Å². The second kappa shape index (κ2) is 3.75. The maximum Gasteiger partial charge on any atom is 0.421 e. The Morgan fingerprint density at radius 1 is 1.25 bits per heavy atom. The molecule has 1 N–H and O–H groups in total. The molecule has 16 heavy (non-hydrogen) atoms. The molecule has 0 bridgehead atoms. The first-order chi connectivity index (χ1) is 7.16. The van der Waals surface area contributed by atoms with Gasteiger partial charge in [0.05, 0.1) is 4.92 Å². The molecule has 4 nitrogen and oxygen atoms in total. The van der Waals surface area contributed by atoms with E-state index in [-0.39, 0.29) is 5.69 Å². The summed E-state index contributed by atoms with van der Waals surface area (Å²) in [6.07, 6.45) is -4.83. The van der Waals surface area contributed by atoms with Crippen LogP contribution in [0.1, 0.15) is 12.5 Å². The zero-order valence-corrected chi connectivity index (χ0v) is 8.15. The van der Waals surface area contributed by atoms with Gasteiger partial charge >= 0.3 is 6.18 Å². The highest BCUT2D eigenvalue weighted by atomic mass is 19.4. The van der Waals surface area contributed by atoms with Gasteiger partial charge in [-0.25, -0.2) is 0 Å². The standard InChI is InChI=1S/C9H8F3NO3/c1-8(14,9(10,11)12)6-2-4-7(5-3-6)13(15)16/h2-5,14H,1H3/t8-/m0/s1. The number of nitrogens with zero attached hydrogens (tertiary/aromatic N) is 1. The van der Waals surface area contributed by atoms with Gasteiger partial charge in [0.25, 0.3) is 5.69 Å². The van der Waals surface area contributed by atoms with Crippen LogP contribution in [0.3, 0.4) is 0 Å². The molecule has 1 atom stereocenters. The number of benzene rings is 1. The fourth-order valence-electron chi connectivity index (χ4n) is 1.07. The maximum atomic E-state index is 12.4. The van der Waals surface area contributed by atoms with E-state index in [4.69, 9.17) is 0 Å². The second-order valence-corrected chi connectivity index (χ2v) is 3.37. The van der Waals surface area contributed by atoms with Gasteiger partial charge in [-0.15, -0.1) is 0 Å². The summed E-state index contributed by atoms with van der Waals surface area (Å²) >= 11 is 0. The normalized spacial score (nSPS) is 15.6. The summed E-state index contributed by atoms with van der Waals surface area (Å²) in [5.74, 6) is 0. The molecule has 0 radical (unpaired) electrons. The third kappa shape index (κ3) is 2.13. The summed E-state index contributed by atoms with van der Waals surface area (Å²) in [6, 6.07) is 3.59. The molecule has 0 heterocycles. The summed E-state index contributed by atoms with van der Waals surface area (Å²) in [5.41, 5.74) is -3.78. The van der Waals surface area contributed by atoms with E-state index >= 15 is 0 Å². The van der Waals surface area contributed by atoms with Crippen molar-refractivity contribution in [3.05, 3.63) is 39.9 Å². The van der Waals surface area contributed by atoms with Crippen molar-refractivity contribution in [3.63, 3.8) is 0 Å². The van der Waals surface area contributed by atoms with Gasteiger partial charge in [0.1, 0.15) is 0 Å². The number of hydrogen-bond acceptors (Lipinski definition) is 3. The highest BCUT2D eigenvalue weighted by molar-refractivity contribution is 5.35. The lowest BCUT2D eigenvalue weighted by Crippen LogP contribution is -2.39. The average Bonchev–Trinajstić information content (AvgIpc) is 2.16. The minimum absolute atomic E-state index is 0.332. The summed E-state index contributed by atoms with van der Waals surface area (Å²) in [7, 11) is 0. The predicted molar refractivity (Wildman–Crippen MR) is 48.7 cm³/mol. The van der Waals surface area contributed by atoms with Gasteiger partial charge in [-0.1, -0.05) is 0 Å². The summed E-state index contributed by atoms with van der Waals surface area (Å²) < 4.78 is 37.2. The Morgan fingerprint density at radius 3 is 2.00 bits per heavy atom. The number of alkyl halides is 3. The summed E-state index contributed by atoms with van der Waals surface area (Å²) in [6.45, 7) is 0.591. The second-order valence-electron chi connectivity index (χ2n) is 3.37. The average molecular weight is 235 g/mol. The van der Waals surface area contributed by atoms with Gasteiger partial charge in [0.2, 0.25) is 0 Å². The monoisotopic (exact) mass is 235 g/mol. The third-order valence-corrected chi connectivity index (χ3v) is 2.19. The zero-order chi connectivity index (χ0) is 12.6. The minimum Gasteiger partial charge on any atom is -0.376 e. The van der Waals surface area contributed by atoms with E-state index in [1.807, 2.05) is 0 Å². The molecule has 1 aromatic carbocycles. The first kappa shape index (κ1) is 12.4. The van der Waals surface area contributed by atoms with Gasteiger partial charge in [-0.2, -0.15) is 13.2 Å². The van der Waals surface area contributed by atoms with E-state index in [2.05, 4.69) is 0 Å². The van der Waals surface area contributed by atoms with Crippen LogP contribution >= 0.6 is 0 Å². The van der Waals surface area contributed by atoms with Crippen LogP contribution in [0.25, 0.3) is 0 Å². The number of aliphatic hydroxyl groups is 1. The molecule has 7 heteroatoms. The van der Waals surface area contributed by atoms with Crippen molar-refractivity contribution in [2.45, 2.75) is 18.7 Å². The van der Waals surface area contributed by atoms with Crippen molar-refractivity contribution in [2.24, 2.45) is 0 Å². The fraction of sp³-hybridized carbons (Fsp3) is 0.333. The van der Waals surface area contributed by atoms with Crippen LogP contribution in [0.4, 0.5) is 18.9 Å². The van der Waals surface area contributed by atoms with E-state index in [0.29, 0.717) is 6.92 Å². The fourth-order valence-corrected chi connectivity index (χ4v) is 1.07. The van der Waals surface area contributed by atoms with Crippen molar-refractivity contribution >= 4 is 5.69 Å². The van der Waals surface area contributed by atoms with Gasteiger partial charge in [-0.3, -0.25) is 10.1 Å². The van der Waals surface area contributed by atoms with Crippen LogP contribution in [-0.4, -0.2) is 16.2 Å². The number of nitro groups is 1. The van der Waals surface area contributed by atoms with Crippen LogP contribution in [0.15, 0.2) is 24.3 Å². The highest BCUT2D eigenvalue weighted by Crippen LogP contribution is 2.38. The number of non-ortho nitro benzene ring substituents is 1. The predicted octanol–water partition coefficient (Wildman–Crippen LogP) is 2.36. The molecule has 0 fully saturated rings. The number of nitro benzene ring substituents is 1. The van der Waals surface area contributed by atoms with E-state index in [9.17, 15) is 28.4 Å². The van der Waals surface area contributed by atoms with Crippen molar-refractivity contribution in [3.8, 4) is 0 Å². The van der Waals surface area contributed by atoms with E-state index in [1.165, 1.54) is 0 Å². The molecule has 1 rings (SSSR count). The number of hydrogen-bond donors (Lipinski definition) is 1. The Labute approximate surface area is 88.5 Å². The molecule has 0 aliphatic heterocycles. The van der Waals surface area contributed by atoms with Gasteiger partial charge < -0.3 is 5.11 Å². The van der Waals surface area contributed by atoms with Crippen LogP contribution < -0.4 is 0 Å². The summed E-state index contributed by atoms with van der Waals surface area (Å²) in [4.78, 5) is 9.55. The van der Waals surface area contributed by atoms with E-state index < -0.39 is 22.3 Å². The van der Waals surface area contributed by atoms with E-state index in [0.717, 1.165) is 24.3 Å². The lowest BCUT2D eigenvalue weighted by atomic mass is 9.95. The molecule has 0 aliphatic rings. The molecule has 0 aromatic heterocycles. The Kier molecular flexibility index (Phi) is 2.91. The maximum absolute atomic E-state index is 12.4. The third-order valence-electron chi connectivity index (χ3n) is 2.19. The molecule has 0 amide bonds. The van der Waals surface area contributed by atoms with Gasteiger partial charge in [-0.05, 0) is 24.6 Å². The van der Waals surface area contributed by atoms with E-state index in [1.54, 1.807) is 0 Å². The molecule has 0 unspecified atom stereocenters. The minimum atomic E-state index is -4.83. The largest absolute Gasteiger partial charge is 0.421 e. The van der Waals surface area contributed by atoms with Crippen LogP contribution in [0.5, 0.6) is 0 Å². The van der Waals surface area contributed by atoms with Gasteiger partial charge in [0.15, 0.2) is 5.60 Å². The molecule has 1 aromatic rings. The Balaban J connectivity index is 3.11. The number of rotatable bonds is 2. The first-order valence-electron chi connectivity index (χ1n) is 4.20. The Bertz CT molecular complexity index is 397. The molecule has 0 saturated carbocycles. The molecule has 0 saturated heterocycles. The highest BCUT2D eigenvalue weighted by Gasteiger charge is 2.51. The van der Waals surface area contributed by atoms with Gasteiger partial charge in [0, 0.05) is 12.1 Å². The van der Waals surface area contributed by atoms with Crippen molar-refractivity contribution < 1.29 is 23.2 Å². The van der Waals surface area contributed by atoms with Crippen molar-refractivity contribution in [1.82, 2.24) is 0 Å². The van der Waals surface area contributed by atoms with Crippen molar-refractivity contribution in [1.29, 1.82) is 0 Å². The lowest BCUT2D eigenvalue weighted by Gasteiger charge is -2.26. The first-order valence-corrected chi connectivity index (χ1v) is 4.20. The Hall–Kier alpha value is -1.63. The Morgan fingerprint density at radius 2 is 1.69 bits per heavy atom.